The number of imidazole rings is 1. The molecule has 3 aromatic heterocycles. The topological polar surface area (TPSA) is 65.6 Å². The van der Waals surface area contributed by atoms with E-state index in [9.17, 15) is 18.0 Å². The molecular weight excluding hydrogens is 479 g/mol. The summed E-state index contributed by atoms with van der Waals surface area (Å²) in [6.07, 6.45) is -1.83. The first kappa shape index (κ1) is 24.4. The van der Waals surface area contributed by atoms with Crippen molar-refractivity contribution in [3.63, 3.8) is 0 Å². The standard InChI is InChI=1S/C28H24F3N5O/c1-17(2)21-6-4-5-7-22(21)25-32-14-20-12-13-24(37)36(27(20)34-25)15-18-8-10-19(11-9-18)26-33-23(16-35(26)3)28(29,30)31/h4-14,16-17H,15H2,1-3H3. The third-order valence-corrected chi connectivity index (χ3v) is 6.27. The minimum atomic E-state index is -4.51. The average molecular weight is 504 g/mol. The summed E-state index contributed by atoms with van der Waals surface area (Å²) >= 11 is 0. The van der Waals surface area contributed by atoms with E-state index in [1.165, 1.54) is 17.7 Å². The van der Waals surface area contributed by atoms with E-state index in [1.54, 1.807) is 41.1 Å². The van der Waals surface area contributed by atoms with Crippen LogP contribution in [0, 0.1) is 0 Å². The van der Waals surface area contributed by atoms with Gasteiger partial charge in [-0.3, -0.25) is 9.36 Å². The van der Waals surface area contributed by atoms with Crippen molar-refractivity contribution in [3.05, 3.63) is 100 Å². The third kappa shape index (κ3) is 4.76. The molecular formula is C28H24F3N5O. The SMILES string of the molecule is CC(C)c1ccccc1-c1ncc2ccc(=O)n(Cc3ccc(-c4nc(C(F)(F)F)cn4C)cc3)c2n1. The van der Waals surface area contributed by atoms with Crippen LogP contribution >= 0.6 is 0 Å². The van der Waals surface area contributed by atoms with Crippen LogP contribution < -0.4 is 5.56 Å². The second-order valence-corrected chi connectivity index (χ2v) is 9.23. The third-order valence-electron chi connectivity index (χ3n) is 6.27. The van der Waals surface area contributed by atoms with Gasteiger partial charge in [0.2, 0.25) is 0 Å². The van der Waals surface area contributed by atoms with Gasteiger partial charge in [0.05, 0.1) is 6.54 Å². The lowest BCUT2D eigenvalue weighted by atomic mass is 9.97. The molecule has 0 saturated carbocycles. The Labute approximate surface area is 211 Å². The van der Waals surface area contributed by atoms with Crippen LogP contribution in [0.5, 0.6) is 0 Å². The molecule has 5 rings (SSSR count). The normalized spacial score (nSPS) is 12.0. The molecule has 0 bridgehead atoms. The fourth-order valence-corrected chi connectivity index (χ4v) is 4.37. The second-order valence-electron chi connectivity index (χ2n) is 9.23. The highest BCUT2D eigenvalue weighted by molar-refractivity contribution is 5.77. The van der Waals surface area contributed by atoms with Gasteiger partial charge in [-0.2, -0.15) is 13.2 Å². The monoisotopic (exact) mass is 503 g/mol. The van der Waals surface area contributed by atoms with Crippen molar-refractivity contribution >= 4 is 11.0 Å². The zero-order valence-corrected chi connectivity index (χ0v) is 20.5. The van der Waals surface area contributed by atoms with E-state index in [0.29, 0.717) is 17.0 Å². The molecule has 9 heteroatoms. The number of aryl methyl sites for hydroxylation is 1. The number of fused-ring (bicyclic) bond motifs is 1. The van der Waals surface area contributed by atoms with Gasteiger partial charge in [-0.25, -0.2) is 15.0 Å². The van der Waals surface area contributed by atoms with E-state index < -0.39 is 11.9 Å². The summed E-state index contributed by atoms with van der Waals surface area (Å²) in [6.45, 7) is 4.45. The molecule has 0 N–H and O–H groups in total. The lowest BCUT2D eigenvalue weighted by Crippen LogP contribution is -2.21. The largest absolute Gasteiger partial charge is 0.434 e. The number of benzene rings is 2. The van der Waals surface area contributed by atoms with E-state index in [4.69, 9.17) is 4.98 Å². The Kier molecular flexibility index (Phi) is 6.15. The Bertz CT molecular complexity index is 1650. The van der Waals surface area contributed by atoms with Crippen molar-refractivity contribution in [2.45, 2.75) is 32.5 Å². The van der Waals surface area contributed by atoms with Crippen molar-refractivity contribution in [1.29, 1.82) is 0 Å². The maximum Gasteiger partial charge on any atom is 0.434 e. The Morgan fingerprint density at radius 2 is 1.68 bits per heavy atom. The highest BCUT2D eigenvalue weighted by Gasteiger charge is 2.34. The van der Waals surface area contributed by atoms with Crippen molar-refractivity contribution < 1.29 is 13.2 Å². The number of hydrogen-bond acceptors (Lipinski definition) is 4. The summed E-state index contributed by atoms with van der Waals surface area (Å²) in [6, 6.07) is 18.1. The molecule has 0 radical (unpaired) electrons. The van der Waals surface area contributed by atoms with Crippen molar-refractivity contribution in [1.82, 2.24) is 24.1 Å². The van der Waals surface area contributed by atoms with Crippen molar-refractivity contribution in [2.75, 3.05) is 0 Å². The molecule has 0 aliphatic carbocycles. The summed E-state index contributed by atoms with van der Waals surface area (Å²) in [5.74, 6) is 1.03. The first-order valence-electron chi connectivity index (χ1n) is 11.8. The summed E-state index contributed by atoms with van der Waals surface area (Å²) < 4.78 is 42.1. The first-order valence-corrected chi connectivity index (χ1v) is 11.8. The number of halogens is 3. The van der Waals surface area contributed by atoms with Crippen molar-refractivity contribution in [2.24, 2.45) is 7.05 Å². The van der Waals surface area contributed by atoms with E-state index in [0.717, 1.165) is 28.3 Å². The van der Waals surface area contributed by atoms with Crippen LogP contribution in [0.3, 0.4) is 0 Å². The molecule has 2 aromatic carbocycles. The molecule has 6 nitrogen and oxygen atoms in total. The number of nitrogens with zero attached hydrogens (tertiary/aromatic N) is 5. The van der Waals surface area contributed by atoms with Gasteiger partial charge in [-0.1, -0.05) is 62.4 Å². The van der Waals surface area contributed by atoms with Gasteiger partial charge >= 0.3 is 6.18 Å². The molecule has 0 aliphatic heterocycles. The molecule has 0 aliphatic rings. The Balaban J connectivity index is 1.51. The van der Waals surface area contributed by atoms with Crippen LogP contribution in [-0.4, -0.2) is 24.1 Å². The van der Waals surface area contributed by atoms with Crippen LogP contribution in [0.15, 0.2) is 77.9 Å². The summed E-state index contributed by atoms with van der Waals surface area (Å²) in [5.41, 5.74) is 2.74. The molecule has 0 spiro atoms. The van der Waals surface area contributed by atoms with E-state index in [1.807, 2.05) is 24.3 Å². The molecule has 37 heavy (non-hydrogen) atoms. The summed E-state index contributed by atoms with van der Waals surface area (Å²) in [7, 11) is 1.52. The zero-order valence-electron chi connectivity index (χ0n) is 20.5. The minimum Gasteiger partial charge on any atom is -0.333 e. The van der Waals surface area contributed by atoms with Gasteiger partial charge in [0.15, 0.2) is 11.5 Å². The van der Waals surface area contributed by atoms with Gasteiger partial charge in [0, 0.05) is 42.0 Å². The van der Waals surface area contributed by atoms with Crippen LogP contribution in [-0.2, 0) is 19.8 Å². The fourth-order valence-electron chi connectivity index (χ4n) is 4.37. The number of pyridine rings is 1. The van der Waals surface area contributed by atoms with Gasteiger partial charge in [-0.05, 0) is 23.1 Å². The molecule has 0 amide bonds. The summed E-state index contributed by atoms with van der Waals surface area (Å²) in [4.78, 5) is 26.0. The van der Waals surface area contributed by atoms with Crippen LogP contribution in [0.4, 0.5) is 13.2 Å². The van der Waals surface area contributed by atoms with Crippen LogP contribution in [0.25, 0.3) is 33.8 Å². The first-order chi connectivity index (χ1) is 17.6. The average Bonchev–Trinajstić information content (AvgIpc) is 3.28. The minimum absolute atomic E-state index is 0.211. The molecule has 188 valence electrons. The second kappa shape index (κ2) is 9.31. The van der Waals surface area contributed by atoms with Gasteiger partial charge < -0.3 is 4.57 Å². The molecule has 5 aromatic rings. The smallest absolute Gasteiger partial charge is 0.333 e. The quantitative estimate of drug-likeness (QED) is 0.293. The summed E-state index contributed by atoms with van der Waals surface area (Å²) in [5, 5.41) is 0.731. The maximum atomic E-state index is 13.0. The van der Waals surface area contributed by atoms with E-state index >= 15 is 0 Å². The molecule has 0 saturated heterocycles. The van der Waals surface area contributed by atoms with Gasteiger partial charge in [-0.15, -0.1) is 0 Å². The van der Waals surface area contributed by atoms with Gasteiger partial charge in [0.25, 0.3) is 5.56 Å². The van der Waals surface area contributed by atoms with Crippen molar-refractivity contribution in [3.8, 4) is 22.8 Å². The Morgan fingerprint density at radius 1 is 0.946 bits per heavy atom. The molecule has 0 unspecified atom stereocenters. The lowest BCUT2D eigenvalue weighted by molar-refractivity contribution is -0.140. The zero-order chi connectivity index (χ0) is 26.3. The number of alkyl halides is 3. The fraction of sp³-hybridized carbons (Fsp3) is 0.214. The van der Waals surface area contributed by atoms with Gasteiger partial charge in [0.1, 0.15) is 11.5 Å². The van der Waals surface area contributed by atoms with E-state index in [-0.39, 0.29) is 23.8 Å². The maximum absolute atomic E-state index is 13.0. The van der Waals surface area contributed by atoms with E-state index in [2.05, 4.69) is 23.8 Å². The molecule has 0 atom stereocenters. The lowest BCUT2D eigenvalue weighted by Gasteiger charge is -2.14. The number of hydrogen-bond donors (Lipinski definition) is 0. The highest BCUT2D eigenvalue weighted by Crippen LogP contribution is 2.31. The Morgan fingerprint density at radius 3 is 2.35 bits per heavy atom. The predicted octanol–water partition coefficient (Wildman–Crippen LogP) is 6.05. The number of aromatic nitrogens is 5. The number of rotatable bonds is 5. The Hall–Kier alpha value is -4.27. The highest BCUT2D eigenvalue weighted by atomic mass is 19.4. The molecule has 3 heterocycles. The predicted molar refractivity (Wildman–Crippen MR) is 136 cm³/mol. The molecule has 0 fully saturated rings. The van der Waals surface area contributed by atoms with Crippen LogP contribution in [0.2, 0.25) is 0 Å². The van der Waals surface area contributed by atoms with Crippen LogP contribution in [0.1, 0.15) is 36.6 Å².